The molecule has 1 aromatic carbocycles. The summed E-state index contributed by atoms with van der Waals surface area (Å²) in [6, 6.07) is 4.26. The number of halogens is 2. The topological polar surface area (TPSA) is 65.1 Å². The van der Waals surface area contributed by atoms with Crippen LogP contribution in [0.4, 0.5) is 4.39 Å². The number of hydrazine groups is 1. The predicted molar refractivity (Wildman–Crippen MR) is 79.7 cm³/mol. The van der Waals surface area contributed by atoms with Crippen LogP contribution >= 0.6 is 11.6 Å². The molecular weight excluding hydrogens is 295 g/mol. The summed E-state index contributed by atoms with van der Waals surface area (Å²) >= 11 is 6.23. The highest BCUT2D eigenvalue weighted by molar-refractivity contribution is 6.31. The van der Waals surface area contributed by atoms with Gasteiger partial charge in [-0.2, -0.15) is 5.10 Å². The summed E-state index contributed by atoms with van der Waals surface area (Å²) < 4.78 is 20.3. The Morgan fingerprint density at radius 1 is 1.43 bits per heavy atom. The van der Waals surface area contributed by atoms with Crippen LogP contribution in [0.1, 0.15) is 37.2 Å². The van der Waals surface area contributed by atoms with E-state index in [1.54, 1.807) is 23.0 Å². The number of ether oxygens (including phenoxy) is 1. The molecule has 0 saturated carbocycles. The Bertz CT molecular complexity index is 629. The SMILES string of the molecule is COc1cc(C(NN)c2c(Cl)cnn2C(C)C)ccc1F. The van der Waals surface area contributed by atoms with Gasteiger partial charge in [-0.15, -0.1) is 0 Å². The van der Waals surface area contributed by atoms with Gasteiger partial charge in [0, 0.05) is 6.04 Å². The van der Waals surface area contributed by atoms with Crippen LogP contribution in [-0.2, 0) is 0 Å². The Labute approximate surface area is 127 Å². The van der Waals surface area contributed by atoms with Gasteiger partial charge >= 0.3 is 0 Å². The van der Waals surface area contributed by atoms with Crippen LogP contribution in [-0.4, -0.2) is 16.9 Å². The minimum atomic E-state index is -0.430. The normalized spacial score (nSPS) is 12.7. The van der Waals surface area contributed by atoms with Gasteiger partial charge in [-0.25, -0.2) is 9.82 Å². The fourth-order valence-electron chi connectivity index (χ4n) is 2.22. The van der Waals surface area contributed by atoms with Crippen LogP contribution < -0.4 is 16.0 Å². The van der Waals surface area contributed by atoms with Crippen LogP contribution in [0.5, 0.6) is 5.75 Å². The molecule has 0 spiro atoms. The van der Waals surface area contributed by atoms with E-state index in [9.17, 15) is 4.39 Å². The van der Waals surface area contributed by atoms with E-state index in [-0.39, 0.29) is 11.8 Å². The average Bonchev–Trinajstić information content (AvgIpc) is 2.84. The minimum Gasteiger partial charge on any atom is -0.494 e. The molecule has 0 fully saturated rings. The van der Waals surface area contributed by atoms with Gasteiger partial charge < -0.3 is 4.74 Å². The van der Waals surface area contributed by atoms with E-state index in [4.69, 9.17) is 22.2 Å². The van der Waals surface area contributed by atoms with E-state index in [0.717, 1.165) is 11.3 Å². The van der Waals surface area contributed by atoms with Gasteiger partial charge in [0.15, 0.2) is 11.6 Å². The lowest BCUT2D eigenvalue weighted by atomic mass is 10.0. The lowest BCUT2D eigenvalue weighted by Gasteiger charge is -2.21. The van der Waals surface area contributed by atoms with Gasteiger partial charge in [0.1, 0.15) is 0 Å². The van der Waals surface area contributed by atoms with Crippen LogP contribution in [0.3, 0.4) is 0 Å². The van der Waals surface area contributed by atoms with Crippen LogP contribution in [0.25, 0.3) is 0 Å². The van der Waals surface area contributed by atoms with Crippen molar-refractivity contribution < 1.29 is 9.13 Å². The zero-order valence-corrected chi connectivity index (χ0v) is 12.9. The van der Waals surface area contributed by atoms with Crippen LogP contribution in [0.15, 0.2) is 24.4 Å². The molecule has 2 rings (SSSR count). The Hall–Kier alpha value is -1.63. The molecule has 0 aliphatic rings. The number of rotatable bonds is 5. The maximum Gasteiger partial charge on any atom is 0.165 e. The van der Waals surface area contributed by atoms with Crippen molar-refractivity contribution >= 4 is 11.6 Å². The van der Waals surface area contributed by atoms with Gasteiger partial charge in [0.25, 0.3) is 0 Å². The average molecular weight is 313 g/mol. The number of methoxy groups -OCH3 is 1. The number of hydrogen-bond acceptors (Lipinski definition) is 4. The molecule has 1 heterocycles. The van der Waals surface area contributed by atoms with E-state index in [1.165, 1.54) is 13.2 Å². The lowest BCUT2D eigenvalue weighted by Crippen LogP contribution is -2.31. The number of nitrogens with one attached hydrogen (secondary N) is 1. The minimum absolute atomic E-state index is 0.116. The summed E-state index contributed by atoms with van der Waals surface area (Å²) in [5.41, 5.74) is 4.17. The first-order chi connectivity index (χ1) is 9.99. The molecule has 5 nitrogen and oxygen atoms in total. The van der Waals surface area contributed by atoms with Gasteiger partial charge in [-0.05, 0) is 31.5 Å². The smallest absolute Gasteiger partial charge is 0.165 e. The first-order valence-electron chi connectivity index (χ1n) is 6.52. The summed E-state index contributed by atoms with van der Waals surface area (Å²) in [4.78, 5) is 0. The largest absolute Gasteiger partial charge is 0.494 e. The maximum atomic E-state index is 13.5. The lowest BCUT2D eigenvalue weighted by molar-refractivity contribution is 0.385. The van der Waals surface area contributed by atoms with E-state index in [1.807, 2.05) is 13.8 Å². The molecule has 0 bridgehead atoms. The van der Waals surface area contributed by atoms with E-state index in [0.29, 0.717) is 5.02 Å². The molecule has 0 aliphatic carbocycles. The van der Waals surface area contributed by atoms with Crippen molar-refractivity contribution in [3.63, 3.8) is 0 Å². The molecule has 114 valence electrons. The van der Waals surface area contributed by atoms with E-state index < -0.39 is 11.9 Å². The number of hydrogen-bond donors (Lipinski definition) is 2. The van der Waals surface area contributed by atoms with Crippen molar-refractivity contribution in [3.05, 3.63) is 46.5 Å². The van der Waals surface area contributed by atoms with Crippen molar-refractivity contribution in [3.8, 4) is 5.75 Å². The number of benzene rings is 1. The Morgan fingerprint density at radius 3 is 2.71 bits per heavy atom. The number of nitrogens with zero attached hydrogens (tertiary/aromatic N) is 2. The standard InChI is InChI=1S/C14H18ClFN4O/c1-8(2)20-14(10(15)7-18-20)13(19-17)9-4-5-11(16)12(6-9)21-3/h4-8,13,19H,17H2,1-3H3. The second kappa shape index (κ2) is 6.43. The molecule has 2 aromatic rings. The summed E-state index contributed by atoms with van der Waals surface area (Å²) in [6.07, 6.45) is 1.57. The molecule has 1 unspecified atom stereocenters. The fraction of sp³-hybridized carbons (Fsp3) is 0.357. The van der Waals surface area contributed by atoms with Gasteiger partial charge in [-0.1, -0.05) is 17.7 Å². The first kappa shape index (κ1) is 15.8. The van der Waals surface area contributed by atoms with Crippen molar-refractivity contribution in [1.82, 2.24) is 15.2 Å². The van der Waals surface area contributed by atoms with Gasteiger partial charge in [-0.3, -0.25) is 10.5 Å². The summed E-state index contributed by atoms with van der Waals surface area (Å²) in [5, 5.41) is 4.75. The molecule has 7 heteroatoms. The van der Waals surface area contributed by atoms with Crippen LogP contribution in [0, 0.1) is 5.82 Å². The monoisotopic (exact) mass is 312 g/mol. The summed E-state index contributed by atoms with van der Waals surface area (Å²) in [5.74, 6) is 5.40. The third-order valence-electron chi connectivity index (χ3n) is 3.22. The fourth-order valence-corrected chi connectivity index (χ4v) is 2.46. The molecule has 0 aliphatic heterocycles. The molecular formula is C14H18ClFN4O. The van der Waals surface area contributed by atoms with Gasteiger partial charge in [0.2, 0.25) is 0 Å². The first-order valence-corrected chi connectivity index (χ1v) is 6.89. The molecule has 1 atom stereocenters. The molecule has 0 amide bonds. The number of aromatic nitrogens is 2. The molecule has 0 radical (unpaired) electrons. The van der Waals surface area contributed by atoms with Gasteiger partial charge in [0.05, 0.1) is 30.1 Å². The van der Waals surface area contributed by atoms with Crippen molar-refractivity contribution in [2.24, 2.45) is 5.84 Å². The van der Waals surface area contributed by atoms with Crippen molar-refractivity contribution in [2.75, 3.05) is 7.11 Å². The molecule has 21 heavy (non-hydrogen) atoms. The summed E-state index contributed by atoms with van der Waals surface area (Å²) in [6.45, 7) is 3.98. The second-order valence-corrected chi connectivity index (χ2v) is 5.32. The Morgan fingerprint density at radius 2 is 2.14 bits per heavy atom. The van der Waals surface area contributed by atoms with E-state index in [2.05, 4.69) is 10.5 Å². The highest BCUT2D eigenvalue weighted by Crippen LogP contribution is 2.31. The zero-order valence-electron chi connectivity index (χ0n) is 12.1. The quantitative estimate of drug-likeness (QED) is 0.658. The summed E-state index contributed by atoms with van der Waals surface area (Å²) in [7, 11) is 1.42. The predicted octanol–water partition coefficient (Wildman–Crippen LogP) is 2.82. The maximum absolute atomic E-state index is 13.5. The molecule has 1 aromatic heterocycles. The second-order valence-electron chi connectivity index (χ2n) is 4.91. The van der Waals surface area contributed by atoms with E-state index >= 15 is 0 Å². The van der Waals surface area contributed by atoms with Crippen molar-refractivity contribution in [1.29, 1.82) is 0 Å². The highest BCUT2D eigenvalue weighted by Gasteiger charge is 2.23. The highest BCUT2D eigenvalue weighted by atomic mass is 35.5. The molecule has 3 N–H and O–H groups in total. The Kier molecular flexibility index (Phi) is 4.82. The Balaban J connectivity index is 2.52. The zero-order chi connectivity index (χ0) is 15.6. The molecule has 0 saturated heterocycles. The third-order valence-corrected chi connectivity index (χ3v) is 3.52. The third kappa shape index (κ3) is 3.02. The van der Waals surface area contributed by atoms with Crippen LogP contribution in [0.2, 0.25) is 5.02 Å². The number of nitrogens with two attached hydrogens (primary N) is 1. The van der Waals surface area contributed by atoms with Crippen molar-refractivity contribution in [2.45, 2.75) is 25.9 Å².